The Morgan fingerprint density at radius 2 is 1.76 bits per heavy atom. The molecule has 1 aromatic heterocycles. The van der Waals surface area contributed by atoms with Crippen LogP contribution in [-0.4, -0.2) is 26.5 Å². The summed E-state index contributed by atoms with van der Waals surface area (Å²) in [5.74, 6) is 0.168. The lowest BCUT2D eigenvalue weighted by atomic mass is 9.74. The number of aromatic hydroxyl groups is 3. The second-order valence-electron chi connectivity index (χ2n) is 13.1. The zero-order chi connectivity index (χ0) is 30.3. The summed E-state index contributed by atoms with van der Waals surface area (Å²) in [6.45, 7) is 13.9. The van der Waals surface area contributed by atoms with Crippen molar-refractivity contribution in [3.8, 4) is 40.1 Å². The Hall–Kier alpha value is -4.13. The summed E-state index contributed by atoms with van der Waals surface area (Å²) in [7, 11) is 0. The monoisotopic (exact) mass is 570 g/mol. The van der Waals surface area contributed by atoms with Crippen molar-refractivity contribution in [3.63, 3.8) is 0 Å². The molecule has 3 aliphatic rings. The molecule has 3 N–H and O–H groups in total. The maximum absolute atomic E-state index is 14.3. The van der Waals surface area contributed by atoms with Gasteiger partial charge >= 0.3 is 0 Å². The first-order valence-corrected chi connectivity index (χ1v) is 14.5. The number of benzene rings is 2. The molecule has 2 aliphatic heterocycles. The van der Waals surface area contributed by atoms with Crippen molar-refractivity contribution in [3.05, 3.63) is 67.9 Å². The van der Waals surface area contributed by atoms with Gasteiger partial charge in [0.1, 0.15) is 45.2 Å². The SMILES string of the molecule is CC(C)=CCC/C(C)=C/Cc1c2c(c(O)c3c(=O)c4c(oc13)-c1c(O)cc(O)c3c1C(C4)C(C)(C)O3)C=CC(C)(C)O2. The number of phenols is 3. The van der Waals surface area contributed by atoms with Gasteiger partial charge in [0, 0.05) is 28.7 Å². The first kappa shape index (κ1) is 28.0. The molecule has 7 heteroatoms. The topological polar surface area (TPSA) is 109 Å². The molecule has 7 nitrogen and oxygen atoms in total. The van der Waals surface area contributed by atoms with Crippen LogP contribution in [-0.2, 0) is 12.8 Å². The zero-order valence-electron chi connectivity index (χ0n) is 25.3. The quantitative estimate of drug-likeness (QED) is 0.268. The number of ether oxygens (including phenoxy) is 2. The van der Waals surface area contributed by atoms with Crippen molar-refractivity contribution in [2.45, 2.75) is 91.3 Å². The minimum Gasteiger partial charge on any atom is -0.507 e. The summed E-state index contributed by atoms with van der Waals surface area (Å²) in [5, 5.41) is 33.3. The van der Waals surface area contributed by atoms with Gasteiger partial charge in [-0.15, -0.1) is 0 Å². The largest absolute Gasteiger partial charge is 0.507 e. The number of allylic oxidation sites excluding steroid dienone is 4. The van der Waals surface area contributed by atoms with Crippen LogP contribution in [0.2, 0.25) is 0 Å². The number of fused-ring (bicyclic) bond motifs is 4. The van der Waals surface area contributed by atoms with Crippen LogP contribution in [0.25, 0.3) is 28.4 Å². The molecule has 42 heavy (non-hydrogen) atoms. The molecule has 2 aromatic carbocycles. The molecule has 0 amide bonds. The fourth-order valence-electron chi connectivity index (χ4n) is 6.47. The van der Waals surface area contributed by atoms with Crippen LogP contribution in [0.3, 0.4) is 0 Å². The Balaban J connectivity index is 1.62. The van der Waals surface area contributed by atoms with E-state index in [2.05, 4.69) is 32.9 Å². The van der Waals surface area contributed by atoms with Crippen LogP contribution >= 0.6 is 0 Å². The molecule has 0 saturated carbocycles. The lowest BCUT2D eigenvalue weighted by Gasteiger charge is -2.32. The van der Waals surface area contributed by atoms with Gasteiger partial charge in [-0.2, -0.15) is 0 Å². The van der Waals surface area contributed by atoms with Crippen LogP contribution in [0.15, 0.2) is 44.7 Å². The van der Waals surface area contributed by atoms with Gasteiger partial charge in [0.15, 0.2) is 16.9 Å². The highest BCUT2D eigenvalue weighted by molar-refractivity contribution is 5.96. The Labute approximate surface area is 245 Å². The van der Waals surface area contributed by atoms with Crippen molar-refractivity contribution in [2.75, 3.05) is 0 Å². The lowest BCUT2D eigenvalue weighted by molar-refractivity contribution is 0.106. The summed E-state index contributed by atoms with van der Waals surface area (Å²) < 4.78 is 19.1. The molecule has 0 bridgehead atoms. The van der Waals surface area contributed by atoms with E-state index in [4.69, 9.17) is 13.9 Å². The van der Waals surface area contributed by atoms with E-state index in [0.29, 0.717) is 45.7 Å². The maximum atomic E-state index is 14.3. The highest BCUT2D eigenvalue weighted by atomic mass is 16.5. The van der Waals surface area contributed by atoms with Crippen LogP contribution in [0, 0.1) is 0 Å². The Bertz CT molecular complexity index is 1810. The second kappa shape index (κ2) is 9.45. The Morgan fingerprint density at radius 3 is 2.48 bits per heavy atom. The van der Waals surface area contributed by atoms with E-state index < -0.39 is 11.2 Å². The molecule has 3 aromatic rings. The third kappa shape index (κ3) is 4.29. The van der Waals surface area contributed by atoms with E-state index in [1.165, 1.54) is 17.2 Å². The molecule has 6 rings (SSSR count). The van der Waals surface area contributed by atoms with Crippen molar-refractivity contribution in [1.29, 1.82) is 0 Å². The van der Waals surface area contributed by atoms with E-state index >= 15 is 0 Å². The minimum atomic E-state index is -0.736. The molecule has 0 fully saturated rings. The summed E-state index contributed by atoms with van der Waals surface area (Å²) in [4.78, 5) is 14.3. The molecule has 220 valence electrons. The number of phenolic OH excluding ortho intramolecular Hbond substituents is 3. The van der Waals surface area contributed by atoms with Crippen LogP contribution in [0.1, 0.15) is 89.5 Å². The van der Waals surface area contributed by atoms with E-state index in [1.807, 2.05) is 39.8 Å². The van der Waals surface area contributed by atoms with Crippen molar-refractivity contribution in [2.24, 2.45) is 0 Å². The van der Waals surface area contributed by atoms with Gasteiger partial charge in [-0.3, -0.25) is 4.79 Å². The summed E-state index contributed by atoms with van der Waals surface area (Å²) in [6.07, 6.45) is 10.5. The molecule has 3 heterocycles. The van der Waals surface area contributed by atoms with E-state index in [0.717, 1.165) is 12.8 Å². The van der Waals surface area contributed by atoms with Gasteiger partial charge in [0.2, 0.25) is 0 Å². The molecule has 1 aliphatic carbocycles. The van der Waals surface area contributed by atoms with Crippen molar-refractivity contribution < 1.29 is 29.2 Å². The zero-order valence-corrected chi connectivity index (χ0v) is 25.3. The molecule has 1 atom stereocenters. The second-order valence-corrected chi connectivity index (χ2v) is 13.1. The summed E-state index contributed by atoms with van der Waals surface area (Å²) >= 11 is 0. The van der Waals surface area contributed by atoms with Crippen LogP contribution in [0.4, 0.5) is 0 Å². The average molecular weight is 571 g/mol. The van der Waals surface area contributed by atoms with Gasteiger partial charge in [-0.25, -0.2) is 0 Å². The number of hydrogen-bond donors (Lipinski definition) is 3. The summed E-state index contributed by atoms with van der Waals surface area (Å²) in [5.41, 5.74) is 3.42. The molecular formula is C35H38O7. The molecule has 0 saturated heterocycles. The third-order valence-corrected chi connectivity index (χ3v) is 8.72. The highest BCUT2D eigenvalue weighted by Crippen LogP contribution is 2.60. The van der Waals surface area contributed by atoms with Crippen LogP contribution in [0.5, 0.6) is 28.7 Å². The lowest BCUT2D eigenvalue weighted by Crippen LogP contribution is -2.34. The number of rotatable bonds is 5. The standard InChI is InChI=1S/C35H38O7/c1-17(2)9-8-10-18(3)11-12-20-30-19(13-14-34(4,5)41-30)28(38)27-29(39)21-15-22-25-26(32(21)40-31(20)27)23(36)16-24(37)33(25)42-35(22,6)7/h9,11,13-14,16,22,36-38H,8,10,12,15H2,1-7H3/b18-11+. The Morgan fingerprint density at radius 1 is 1.02 bits per heavy atom. The van der Waals surface area contributed by atoms with Crippen molar-refractivity contribution in [1.82, 2.24) is 0 Å². The number of hydrogen-bond acceptors (Lipinski definition) is 7. The van der Waals surface area contributed by atoms with E-state index in [1.54, 1.807) is 0 Å². The normalized spacial score (nSPS) is 19.0. The van der Waals surface area contributed by atoms with Gasteiger partial charge in [-0.1, -0.05) is 23.3 Å². The first-order valence-electron chi connectivity index (χ1n) is 14.5. The molecule has 0 spiro atoms. The van der Waals surface area contributed by atoms with Crippen LogP contribution < -0.4 is 14.9 Å². The smallest absolute Gasteiger partial charge is 0.200 e. The minimum absolute atomic E-state index is 0.102. The highest BCUT2D eigenvalue weighted by Gasteiger charge is 2.49. The first-order chi connectivity index (χ1) is 19.7. The van der Waals surface area contributed by atoms with Gasteiger partial charge < -0.3 is 29.2 Å². The van der Waals surface area contributed by atoms with E-state index in [-0.39, 0.29) is 51.7 Å². The van der Waals surface area contributed by atoms with Gasteiger partial charge in [0.25, 0.3) is 0 Å². The maximum Gasteiger partial charge on any atom is 0.200 e. The van der Waals surface area contributed by atoms with E-state index in [9.17, 15) is 20.1 Å². The fourth-order valence-corrected chi connectivity index (χ4v) is 6.47. The van der Waals surface area contributed by atoms with Gasteiger partial charge in [-0.05, 0) is 86.3 Å². The Kier molecular flexibility index (Phi) is 6.30. The third-order valence-electron chi connectivity index (χ3n) is 8.72. The fraction of sp³-hybridized carbons (Fsp3) is 0.400. The van der Waals surface area contributed by atoms with Gasteiger partial charge in [0.05, 0.1) is 11.1 Å². The predicted octanol–water partition coefficient (Wildman–Crippen LogP) is 7.81. The van der Waals surface area contributed by atoms with Crippen molar-refractivity contribution >= 4 is 17.0 Å². The summed E-state index contributed by atoms with van der Waals surface area (Å²) in [6, 6.07) is 1.23. The molecule has 1 unspecified atom stereocenters. The average Bonchev–Trinajstić information content (AvgIpc) is 3.16. The molecular weight excluding hydrogens is 532 g/mol. The molecule has 0 radical (unpaired) electrons. The predicted molar refractivity (Wildman–Crippen MR) is 164 cm³/mol.